The van der Waals surface area contributed by atoms with E-state index in [-0.39, 0.29) is 40.9 Å². The Hall–Kier alpha value is -3.11. The molecule has 0 aliphatic heterocycles. The van der Waals surface area contributed by atoms with E-state index in [9.17, 15) is 14.7 Å². The number of aromatic hydroxyl groups is 1. The van der Waals surface area contributed by atoms with Crippen molar-refractivity contribution >= 4 is 29.4 Å². The van der Waals surface area contributed by atoms with E-state index in [0.717, 1.165) is 5.56 Å². The molecule has 0 atom stereocenters. The number of phenolic OH excluding ortho intramolecular Hbond substituents is 1. The van der Waals surface area contributed by atoms with Gasteiger partial charge in [0, 0.05) is 7.11 Å². The number of aliphatic carboxylic acids is 1. The van der Waals surface area contributed by atoms with E-state index in [1.807, 2.05) is 0 Å². The molecule has 0 radical (unpaired) electrons. The monoisotopic (exact) mass is 520 g/mol. The number of halogens is 1. The molecule has 2 aromatic rings. The van der Waals surface area contributed by atoms with Gasteiger partial charge in [0.15, 0.2) is 18.3 Å². The number of allylic oxidation sites excluding steroid dienone is 1. The highest BCUT2D eigenvalue weighted by atomic mass is 35.5. The average molecular weight is 521 g/mol. The van der Waals surface area contributed by atoms with Crippen LogP contribution in [-0.2, 0) is 19.0 Å². The summed E-state index contributed by atoms with van der Waals surface area (Å²) in [6, 6.07) is 9.84. The zero-order valence-corrected chi connectivity index (χ0v) is 20.6. The van der Waals surface area contributed by atoms with Gasteiger partial charge in [-0.05, 0) is 48.7 Å². The molecule has 3 rings (SSSR count). The highest BCUT2D eigenvalue weighted by Gasteiger charge is 2.34. The molecule has 0 unspecified atom stereocenters. The summed E-state index contributed by atoms with van der Waals surface area (Å²) in [5, 5.41) is 19.3. The standard InChI is InChI=1S/C26H29ClO9/c1-32-10-11-33-16-36-25-21(27)7-9-23(29)24(25)22(28)8-4-17-2-5-19(6-3-17)34-12-13-35-20-14-18(15-20)26(30)31/h2-9,18,20,29H,10-16H2,1H3,(H,30,31). The largest absolute Gasteiger partial charge is 0.507 e. The lowest BCUT2D eigenvalue weighted by atomic mass is 9.82. The Morgan fingerprint density at radius 2 is 1.78 bits per heavy atom. The van der Waals surface area contributed by atoms with E-state index in [4.69, 9.17) is 40.4 Å². The molecule has 1 fully saturated rings. The second-order valence-electron chi connectivity index (χ2n) is 8.05. The maximum atomic E-state index is 12.8. The Balaban J connectivity index is 1.50. The van der Waals surface area contributed by atoms with Gasteiger partial charge in [0.05, 0.1) is 36.9 Å². The fourth-order valence-corrected chi connectivity index (χ4v) is 3.65. The van der Waals surface area contributed by atoms with Crippen molar-refractivity contribution in [1.29, 1.82) is 0 Å². The molecule has 0 heterocycles. The number of methoxy groups -OCH3 is 1. The van der Waals surface area contributed by atoms with Crippen LogP contribution in [0.2, 0.25) is 5.02 Å². The molecule has 2 N–H and O–H groups in total. The highest BCUT2D eigenvalue weighted by Crippen LogP contribution is 2.36. The van der Waals surface area contributed by atoms with Crippen LogP contribution >= 0.6 is 11.6 Å². The Bertz CT molecular complexity index is 1050. The van der Waals surface area contributed by atoms with E-state index < -0.39 is 11.8 Å². The van der Waals surface area contributed by atoms with Crippen LogP contribution in [0.1, 0.15) is 28.8 Å². The fourth-order valence-electron chi connectivity index (χ4n) is 3.44. The number of phenols is 1. The lowest BCUT2D eigenvalue weighted by Gasteiger charge is -2.31. The quantitative estimate of drug-likeness (QED) is 0.154. The van der Waals surface area contributed by atoms with E-state index in [1.54, 1.807) is 37.5 Å². The van der Waals surface area contributed by atoms with Crippen LogP contribution in [-0.4, -0.2) is 68.4 Å². The first kappa shape index (κ1) is 27.5. The van der Waals surface area contributed by atoms with Gasteiger partial charge < -0.3 is 33.9 Å². The van der Waals surface area contributed by atoms with Gasteiger partial charge in [-0.15, -0.1) is 0 Å². The van der Waals surface area contributed by atoms with Crippen molar-refractivity contribution in [1.82, 2.24) is 0 Å². The van der Waals surface area contributed by atoms with Gasteiger partial charge >= 0.3 is 5.97 Å². The van der Waals surface area contributed by atoms with E-state index in [2.05, 4.69) is 0 Å². The van der Waals surface area contributed by atoms with Gasteiger partial charge in [0.1, 0.15) is 23.7 Å². The predicted molar refractivity (Wildman–Crippen MR) is 132 cm³/mol. The molecule has 1 aliphatic carbocycles. The average Bonchev–Trinajstić information content (AvgIpc) is 2.83. The zero-order chi connectivity index (χ0) is 25.9. The first-order chi connectivity index (χ1) is 17.4. The second kappa shape index (κ2) is 13.8. The van der Waals surface area contributed by atoms with Gasteiger partial charge in [-0.1, -0.05) is 29.8 Å². The number of hydrogen-bond acceptors (Lipinski definition) is 8. The van der Waals surface area contributed by atoms with Crippen LogP contribution in [0.25, 0.3) is 6.08 Å². The Labute approximate surface area is 214 Å². The molecular weight excluding hydrogens is 492 g/mol. The molecule has 2 aromatic carbocycles. The third-order valence-corrected chi connectivity index (χ3v) is 5.81. The molecule has 0 aromatic heterocycles. The smallest absolute Gasteiger partial charge is 0.306 e. The van der Waals surface area contributed by atoms with Crippen LogP contribution in [0.5, 0.6) is 17.2 Å². The lowest BCUT2D eigenvalue weighted by Crippen LogP contribution is -2.36. The minimum Gasteiger partial charge on any atom is -0.507 e. The minimum absolute atomic E-state index is 0.0206. The summed E-state index contributed by atoms with van der Waals surface area (Å²) in [5.74, 6) is -1.15. The van der Waals surface area contributed by atoms with Crippen molar-refractivity contribution in [2.45, 2.75) is 18.9 Å². The lowest BCUT2D eigenvalue weighted by molar-refractivity contribution is -0.151. The van der Waals surface area contributed by atoms with Crippen LogP contribution in [0.4, 0.5) is 0 Å². The normalized spacial score (nSPS) is 17.1. The fraction of sp³-hybridized carbons (Fsp3) is 0.385. The number of ether oxygens (including phenoxy) is 5. The van der Waals surface area contributed by atoms with Crippen molar-refractivity contribution in [3.8, 4) is 17.2 Å². The summed E-state index contributed by atoms with van der Waals surface area (Å²) in [5.41, 5.74) is 0.684. The Morgan fingerprint density at radius 1 is 1.03 bits per heavy atom. The van der Waals surface area contributed by atoms with E-state index in [0.29, 0.717) is 45.0 Å². The number of carbonyl (C=O) groups excluding carboxylic acids is 1. The molecular formula is C26H29ClO9. The maximum Gasteiger partial charge on any atom is 0.306 e. The van der Waals surface area contributed by atoms with Crippen molar-refractivity contribution in [2.75, 3.05) is 40.3 Å². The summed E-state index contributed by atoms with van der Waals surface area (Å²) in [6.45, 7) is 1.24. The molecule has 0 spiro atoms. The first-order valence-corrected chi connectivity index (χ1v) is 11.8. The van der Waals surface area contributed by atoms with Crippen LogP contribution in [0, 0.1) is 5.92 Å². The van der Waals surface area contributed by atoms with Crippen LogP contribution in [0.3, 0.4) is 0 Å². The van der Waals surface area contributed by atoms with Gasteiger partial charge in [0.2, 0.25) is 0 Å². The molecule has 0 saturated heterocycles. The number of benzene rings is 2. The molecule has 1 aliphatic rings. The minimum atomic E-state index is -0.775. The van der Waals surface area contributed by atoms with Crippen molar-refractivity contribution in [2.24, 2.45) is 5.92 Å². The number of carbonyl (C=O) groups is 2. The molecule has 0 amide bonds. The van der Waals surface area contributed by atoms with E-state index in [1.165, 1.54) is 18.2 Å². The van der Waals surface area contributed by atoms with Crippen LogP contribution < -0.4 is 9.47 Å². The predicted octanol–water partition coefficient (Wildman–Crippen LogP) is 4.20. The topological polar surface area (TPSA) is 121 Å². The third-order valence-electron chi connectivity index (χ3n) is 5.51. The summed E-state index contributed by atoms with van der Waals surface area (Å²) in [4.78, 5) is 23.6. The zero-order valence-electron chi connectivity index (χ0n) is 19.9. The second-order valence-corrected chi connectivity index (χ2v) is 8.46. The number of ketones is 1. The summed E-state index contributed by atoms with van der Waals surface area (Å²) in [7, 11) is 1.55. The van der Waals surface area contributed by atoms with Gasteiger partial charge in [-0.3, -0.25) is 9.59 Å². The number of carboxylic acid groups (broad SMARTS) is 1. The van der Waals surface area contributed by atoms with Crippen molar-refractivity contribution < 1.29 is 43.5 Å². The molecule has 1 saturated carbocycles. The highest BCUT2D eigenvalue weighted by molar-refractivity contribution is 6.33. The van der Waals surface area contributed by atoms with Crippen molar-refractivity contribution in [3.05, 3.63) is 58.6 Å². The van der Waals surface area contributed by atoms with Gasteiger partial charge in [0.25, 0.3) is 0 Å². The third kappa shape index (κ3) is 7.96. The molecule has 9 nitrogen and oxygen atoms in total. The first-order valence-electron chi connectivity index (χ1n) is 11.4. The van der Waals surface area contributed by atoms with Gasteiger partial charge in [-0.25, -0.2) is 0 Å². The summed E-state index contributed by atoms with van der Waals surface area (Å²) < 4.78 is 26.9. The molecule has 36 heavy (non-hydrogen) atoms. The number of carboxylic acids is 1. The SMILES string of the molecule is COCCOCOc1c(Cl)ccc(O)c1C(=O)C=Cc1ccc(OCCOC2CC(C(=O)O)C2)cc1. The van der Waals surface area contributed by atoms with Crippen LogP contribution in [0.15, 0.2) is 42.5 Å². The summed E-state index contributed by atoms with van der Waals surface area (Å²) >= 11 is 6.18. The summed E-state index contributed by atoms with van der Waals surface area (Å²) in [6.07, 6.45) is 3.98. The van der Waals surface area contributed by atoms with Gasteiger partial charge in [-0.2, -0.15) is 0 Å². The molecule has 194 valence electrons. The maximum absolute atomic E-state index is 12.8. The Kier molecular flexibility index (Phi) is 10.6. The number of rotatable bonds is 15. The molecule has 0 bridgehead atoms. The number of hydrogen-bond donors (Lipinski definition) is 2. The van der Waals surface area contributed by atoms with E-state index >= 15 is 0 Å². The van der Waals surface area contributed by atoms with Crippen molar-refractivity contribution in [3.63, 3.8) is 0 Å². The Morgan fingerprint density at radius 3 is 2.47 bits per heavy atom. The molecule has 10 heteroatoms.